The number of carboxylic acids is 1. The van der Waals surface area contributed by atoms with E-state index >= 15 is 0 Å². The zero-order valence-corrected chi connectivity index (χ0v) is 15.3. The van der Waals surface area contributed by atoms with Gasteiger partial charge >= 0.3 is 5.97 Å². The molecule has 5 heteroatoms. The smallest absolute Gasteiger partial charge is 0.303 e. The van der Waals surface area contributed by atoms with Crippen LogP contribution < -0.4 is 0 Å². The van der Waals surface area contributed by atoms with Crippen molar-refractivity contribution in [2.75, 3.05) is 0 Å². The molecule has 0 saturated heterocycles. The zero-order chi connectivity index (χ0) is 18.7. The maximum absolute atomic E-state index is 10.5. The van der Waals surface area contributed by atoms with Crippen molar-refractivity contribution in [3.63, 3.8) is 0 Å². The summed E-state index contributed by atoms with van der Waals surface area (Å²) in [6.07, 6.45) is 12.4. The van der Waals surface area contributed by atoms with E-state index in [1.165, 1.54) is 19.3 Å². The predicted octanol–water partition coefficient (Wildman–Crippen LogP) is 3.04. The first-order valence-corrected chi connectivity index (χ1v) is 9.55. The first kappa shape index (κ1) is 21.9. The Kier molecular flexibility index (Phi) is 10.7. The van der Waals surface area contributed by atoms with E-state index in [4.69, 9.17) is 5.11 Å². The van der Waals surface area contributed by atoms with Gasteiger partial charge in [0.2, 0.25) is 0 Å². The van der Waals surface area contributed by atoms with Gasteiger partial charge in [-0.3, -0.25) is 4.79 Å². The fourth-order valence-corrected chi connectivity index (χ4v) is 3.41. The highest BCUT2D eigenvalue weighted by molar-refractivity contribution is 5.66. The molecule has 0 heterocycles. The minimum absolute atomic E-state index is 0.0418. The van der Waals surface area contributed by atoms with E-state index in [1.54, 1.807) is 12.2 Å². The van der Waals surface area contributed by atoms with Crippen LogP contribution in [0.25, 0.3) is 0 Å². The van der Waals surface area contributed by atoms with Gasteiger partial charge in [-0.15, -0.1) is 0 Å². The van der Waals surface area contributed by atoms with E-state index in [-0.39, 0.29) is 18.3 Å². The number of carbonyl (C=O) groups is 1. The summed E-state index contributed by atoms with van der Waals surface area (Å²) in [6, 6.07) is 0. The van der Waals surface area contributed by atoms with Crippen molar-refractivity contribution in [2.45, 2.75) is 83.0 Å². The summed E-state index contributed by atoms with van der Waals surface area (Å²) < 4.78 is 0. The van der Waals surface area contributed by atoms with Crippen molar-refractivity contribution in [1.82, 2.24) is 0 Å². The number of rotatable bonds is 12. The van der Waals surface area contributed by atoms with E-state index in [1.807, 2.05) is 0 Å². The molecule has 0 aromatic carbocycles. The lowest BCUT2D eigenvalue weighted by molar-refractivity contribution is -0.137. The van der Waals surface area contributed by atoms with Gasteiger partial charge < -0.3 is 20.4 Å². The molecule has 4 N–H and O–H groups in total. The normalized spacial score (nSPS) is 28.2. The molecule has 5 nitrogen and oxygen atoms in total. The van der Waals surface area contributed by atoms with Crippen LogP contribution in [0.4, 0.5) is 0 Å². The molecule has 0 unspecified atom stereocenters. The number of unbranched alkanes of at least 4 members (excludes halogenated alkanes) is 3. The third-order valence-electron chi connectivity index (χ3n) is 4.91. The van der Waals surface area contributed by atoms with E-state index in [2.05, 4.69) is 19.1 Å². The average molecular weight is 354 g/mol. The van der Waals surface area contributed by atoms with Crippen LogP contribution in [0, 0.1) is 11.8 Å². The Morgan fingerprint density at radius 3 is 2.60 bits per heavy atom. The standard InChI is InChI=1S/C20H34O5/c1-2-3-4-5-6-7-10-16-17(19(23)14-18(16)22)13-12-15(21)9-8-11-20(24)25/h6-7,12-13,15-19,21-23H,2-5,8-11,14H2,1H3,(H,24,25)/b7-6-,13-12+/t15-,16-,17+,18+,19-/m0/s1. The minimum Gasteiger partial charge on any atom is -0.481 e. The van der Waals surface area contributed by atoms with Crippen molar-refractivity contribution in [3.05, 3.63) is 24.3 Å². The first-order chi connectivity index (χ1) is 12.0. The van der Waals surface area contributed by atoms with Crippen molar-refractivity contribution < 1.29 is 25.2 Å². The summed E-state index contributed by atoms with van der Waals surface area (Å²) >= 11 is 0. The van der Waals surface area contributed by atoms with E-state index < -0.39 is 24.3 Å². The lowest BCUT2D eigenvalue weighted by Crippen LogP contribution is -2.20. The van der Waals surface area contributed by atoms with Gasteiger partial charge in [0.1, 0.15) is 0 Å². The number of aliphatic hydroxyl groups is 3. The van der Waals surface area contributed by atoms with Gasteiger partial charge in [0.25, 0.3) is 0 Å². The lowest BCUT2D eigenvalue weighted by atomic mass is 9.89. The molecule has 0 aliphatic heterocycles. The minimum atomic E-state index is -0.865. The molecule has 0 bridgehead atoms. The van der Waals surface area contributed by atoms with Gasteiger partial charge in [0, 0.05) is 18.8 Å². The van der Waals surface area contributed by atoms with Crippen LogP contribution in [0.5, 0.6) is 0 Å². The van der Waals surface area contributed by atoms with Gasteiger partial charge in [-0.1, -0.05) is 44.1 Å². The molecular weight excluding hydrogens is 320 g/mol. The Balaban J connectivity index is 2.47. The number of carboxylic acid groups (broad SMARTS) is 1. The maximum atomic E-state index is 10.5. The van der Waals surface area contributed by atoms with Gasteiger partial charge in [0.15, 0.2) is 0 Å². The fraction of sp³-hybridized carbons (Fsp3) is 0.750. The summed E-state index contributed by atoms with van der Waals surface area (Å²) in [5.41, 5.74) is 0. The molecule has 1 saturated carbocycles. The summed E-state index contributed by atoms with van der Waals surface area (Å²) in [5.74, 6) is -1.08. The van der Waals surface area contributed by atoms with Gasteiger partial charge in [-0.25, -0.2) is 0 Å². The Bertz CT molecular complexity index is 432. The van der Waals surface area contributed by atoms with Crippen LogP contribution in [-0.4, -0.2) is 44.7 Å². The SMILES string of the molecule is CCCCC/C=C\C[C@H]1[C@@H](/C=C/[C@@H](O)CCCC(=O)O)[C@@H](O)C[C@H]1O. The molecule has 1 rings (SSSR count). The Hall–Kier alpha value is -1.17. The summed E-state index contributed by atoms with van der Waals surface area (Å²) in [5, 5.41) is 38.9. The number of aliphatic hydroxyl groups excluding tert-OH is 3. The van der Waals surface area contributed by atoms with Crippen molar-refractivity contribution >= 4 is 5.97 Å². The topological polar surface area (TPSA) is 98.0 Å². The predicted molar refractivity (Wildman–Crippen MR) is 98.1 cm³/mol. The second kappa shape index (κ2) is 12.2. The number of hydrogen-bond acceptors (Lipinski definition) is 4. The van der Waals surface area contributed by atoms with E-state index in [0.717, 1.165) is 6.42 Å². The molecule has 25 heavy (non-hydrogen) atoms. The molecule has 0 aromatic heterocycles. The molecule has 144 valence electrons. The second-order valence-corrected chi connectivity index (χ2v) is 7.05. The summed E-state index contributed by atoms with van der Waals surface area (Å²) in [6.45, 7) is 2.17. The first-order valence-electron chi connectivity index (χ1n) is 9.55. The highest BCUT2D eigenvalue weighted by Gasteiger charge is 2.39. The monoisotopic (exact) mass is 354 g/mol. The van der Waals surface area contributed by atoms with Crippen molar-refractivity contribution in [3.8, 4) is 0 Å². The Morgan fingerprint density at radius 2 is 1.92 bits per heavy atom. The third kappa shape index (κ3) is 8.66. The molecule has 1 aliphatic rings. The maximum Gasteiger partial charge on any atom is 0.303 e. The molecule has 1 aliphatic carbocycles. The Morgan fingerprint density at radius 1 is 1.16 bits per heavy atom. The summed E-state index contributed by atoms with van der Waals surface area (Å²) in [7, 11) is 0. The third-order valence-corrected chi connectivity index (χ3v) is 4.91. The van der Waals surface area contributed by atoms with Gasteiger partial charge in [-0.2, -0.15) is 0 Å². The molecule has 0 amide bonds. The average Bonchev–Trinajstić information content (AvgIpc) is 2.81. The molecular formula is C20H34O5. The highest BCUT2D eigenvalue weighted by atomic mass is 16.4. The summed E-state index contributed by atoms with van der Waals surface area (Å²) in [4.78, 5) is 10.5. The van der Waals surface area contributed by atoms with Crippen LogP contribution in [-0.2, 0) is 4.79 Å². The molecule has 0 aromatic rings. The largest absolute Gasteiger partial charge is 0.481 e. The molecule has 5 atom stereocenters. The van der Waals surface area contributed by atoms with Crippen LogP contribution in [0.3, 0.4) is 0 Å². The Labute approximate surface area is 151 Å². The second-order valence-electron chi connectivity index (χ2n) is 7.05. The lowest BCUT2D eigenvalue weighted by Gasteiger charge is -2.19. The van der Waals surface area contributed by atoms with Crippen LogP contribution >= 0.6 is 0 Å². The van der Waals surface area contributed by atoms with Gasteiger partial charge in [-0.05, 0) is 38.0 Å². The molecule has 1 fully saturated rings. The van der Waals surface area contributed by atoms with Crippen molar-refractivity contribution in [1.29, 1.82) is 0 Å². The number of hydrogen-bond donors (Lipinski definition) is 4. The number of allylic oxidation sites excluding steroid dienone is 2. The zero-order valence-electron chi connectivity index (χ0n) is 15.3. The quantitative estimate of drug-likeness (QED) is 0.319. The van der Waals surface area contributed by atoms with Gasteiger partial charge in [0.05, 0.1) is 18.3 Å². The fourth-order valence-electron chi connectivity index (χ4n) is 3.41. The highest BCUT2D eigenvalue weighted by Crippen LogP contribution is 2.36. The van der Waals surface area contributed by atoms with Crippen LogP contribution in [0.1, 0.15) is 64.7 Å². The van der Waals surface area contributed by atoms with E-state index in [9.17, 15) is 20.1 Å². The van der Waals surface area contributed by atoms with Crippen LogP contribution in [0.15, 0.2) is 24.3 Å². The number of aliphatic carboxylic acids is 1. The van der Waals surface area contributed by atoms with E-state index in [0.29, 0.717) is 25.7 Å². The molecule has 0 spiro atoms. The van der Waals surface area contributed by atoms with Crippen molar-refractivity contribution in [2.24, 2.45) is 11.8 Å². The molecule has 0 radical (unpaired) electrons. The van der Waals surface area contributed by atoms with Crippen LogP contribution in [0.2, 0.25) is 0 Å².